The van der Waals surface area contributed by atoms with Crippen LogP contribution in [0.2, 0.25) is 10.0 Å². The summed E-state index contributed by atoms with van der Waals surface area (Å²) in [5.41, 5.74) is 3.88. The number of hydrogen-bond donors (Lipinski definition) is 0. The molecule has 0 radical (unpaired) electrons. The number of fused-ring (bicyclic) bond motifs is 1. The van der Waals surface area contributed by atoms with Crippen LogP contribution in [-0.4, -0.2) is 61.5 Å². The van der Waals surface area contributed by atoms with Crippen molar-refractivity contribution in [2.75, 3.05) is 44.8 Å². The van der Waals surface area contributed by atoms with Gasteiger partial charge in [-0.1, -0.05) is 65.7 Å². The van der Waals surface area contributed by atoms with Crippen LogP contribution in [0.1, 0.15) is 29.5 Å². The van der Waals surface area contributed by atoms with Crippen molar-refractivity contribution in [3.05, 3.63) is 99.5 Å². The maximum Gasteiger partial charge on any atom is 0.252 e. The normalized spacial score (nSPS) is 15.3. The van der Waals surface area contributed by atoms with E-state index in [-0.39, 0.29) is 18.4 Å². The molecule has 1 aliphatic heterocycles. The summed E-state index contributed by atoms with van der Waals surface area (Å²) in [4.78, 5) is 32.8. The van der Waals surface area contributed by atoms with Crippen molar-refractivity contribution >= 4 is 40.7 Å². The van der Waals surface area contributed by atoms with Crippen LogP contribution in [0.3, 0.4) is 0 Å². The van der Waals surface area contributed by atoms with Crippen LogP contribution in [0.25, 0.3) is 0 Å². The molecule has 0 unspecified atom stereocenters. The summed E-state index contributed by atoms with van der Waals surface area (Å²) in [6, 6.07) is 23.2. The first-order chi connectivity index (χ1) is 18.9. The lowest BCUT2D eigenvalue weighted by atomic mass is 10.1. The van der Waals surface area contributed by atoms with E-state index in [1.165, 1.54) is 12.7 Å². The zero-order valence-electron chi connectivity index (χ0n) is 22.3. The monoisotopic (exact) mass is 567 g/mol. The van der Waals surface area contributed by atoms with Gasteiger partial charge in [0.2, 0.25) is 5.91 Å². The van der Waals surface area contributed by atoms with Crippen LogP contribution in [0, 0.1) is 0 Å². The van der Waals surface area contributed by atoms with E-state index >= 15 is 0 Å². The number of benzene rings is 3. The molecule has 0 saturated heterocycles. The maximum absolute atomic E-state index is 13.6. The van der Waals surface area contributed by atoms with E-state index in [1.807, 2.05) is 82.6 Å². The highest BCUT2D eigenvalue weighted by Gasteiger charge is 2.23. The summed E-state index contributed by atoms with van der Waals surface area (Å²) in [7, 11) is 1.53. The lowest BCUT2D eigenvalue weighted by Gasteiger charge is -2.31. The van der Waals surface area contributed by atoms with Gasteiger partial charge in [-0.2, -0.15) is 0 Å². The molecule has 0 aromatic heterocycles. The summed E-state index contributed by atoms with van der Waals surface area (Å²) < 4.78 is 5.20. The molecule has 0 N–H and O–H groups in total. The largest absolute Gasteiger partial charge is 0.375 e. The molecule has 3 aromatic carbocycles. The second kappa shape index (κ2) is 14.5. The fraction of sp³-hybridized carbons (Fsp3) is 0.355. The van der Waals surface area contributed by atoms with Crippen molar-refractivity contribution in [1.29, 1.82) is 0 Å². The molecule has 2 amide bonds. The number of rotatable bonds is 6. The molecule has 4 rings (SSSR count). The van der Waals surface area contributed by atoms with Gasteiger partial charge >= 0.3 is 0 Å². The molecule has 39 heavy (non-hydrogen) atoms. The topological polar surface area (TPSA) is 53.1 Å². The van der Waals surface area contributed by atoms with Gasteiger partial charge in [-0.15, -0.1) is 0 Å². The molecular weight excluding hydrogens is 533 g/mol. The number of methoxy groups -OCH3 is 1. The first kappa shape index (κ1) is 29.1. The lowest BCUT2D eigenvalue weighted by molar-refractivity contribution is -0.131. The number of nitrogens with zero attached hydrogens (tertiary/aromatic N) is 3. The third-order valence-corrected chi connectivity index (χ3v) is 7.42. The predicted octanol–water partition coefficient (Wildman–Crippen LogP) is 5.84. The Morgan fingerprint density at radius 2 is 1.38 bits per heavy atom. The minimum Gasteiger partial charge on any atom is -0.375 e. The Kier molecular flexibility index (Phi) is 10.8. The Morgan fingerprint density at radius 1 is 0.769 bits per heavy atom. The minimum absolute atomic E-state index is 0.00202. The lowest BCUT2D eigenvalue weighted by Crippen LogP contribution is -2.40. The number of halogens is 2. The number of hydrogen-bond acceptors (Lipinski definition) is 4. The average Bonchev–Trinajstić information content (AvgIpc) is 2.92. The van der Waals surface area contributed by atoms with Crippen LogP contribution in [0.4, 0.5) is 5.69 Å². The quantitative estimate of drug-likeness (QED) is 0.375. The number of amides is 2. The third-order valence-electron chi connectivity index (χ3n) is 6.91. The molecule has 0 spiro atoms. The molecule has 8 heteroatoms. The number of ether oxygens (including phenoxy) is 1. The van der Waals surface area contributed by atoms with E-state index in [0.717, 1.165) is 49.3 Å². The molecule has 0 saturated carbocycles. The highest BCUT2D eigenvalue weighted by atomic mass is 35.5. The summed E-state index contributed by atoms with van der Waals surface area (Å²) in [6.45, 7) is 4.04. The zero-order valence-corrected chi connectivity index (χ0v) is 23.8. The molecular formula is C31H35Cl2N3O3. The standard InChI is InChI=1S/C31H35Cl2N3O3/c1-39-23-31(38)36-19-5-17-34(21-25-10-14-28(33)15-11-25)16-4-18-35(22-26-6-2-3-7-29(26)36)30(37)20-24-8-12-27(32)13-9-24/h2-3,6-15H,4-5,16-23H2,1H3. The van der Waals surface area contributed by atoms with Crippen LogP contribution in [0.15, 0.2) is 72.8 Å². The second-order valence-electron chi connectivity index (χ2n) is 9.84. The molecule has 0 bridgehead atoms. The number of para-hydroxylation sites is 1. The number of carbonyl (C=O) groups is 2. The van der Waals surface area contributed by atoms with Crippen molar-refractivity contribution < 1.29 is 14.3 Å². The van der Waals surface area contributed by atoms with Gasteiger partial charge in [-0.3, -0.25) is 14.5 Å². The Labute approximate surface area is 241 Å². The van der Waals surface area contributed by atoms with Crippen molar-refractivity contribution in [3.8, 4) is 0 Å². The van der Waals surface area contributed by atoms with Crippen LogP contribution in [0.5, 0.6) is 0 Å². The first-order valence-electron chi connectivity index (χ1n) is 13.3. The van der Waals surface area contributed by atoms with E-state index in [1.54, 1.807) is 0 Å². The van der Waals surface area contributed by atoms with Gasteiger partial charge < -0.3 is 14.5 Å². The number of carbonyl (C=O) groups excluding carboxylic acids is 2. The smallest absolute Gasteiger partial charge is 0.252 e. The summed E-state index contributed by atoms with van der Waals surface area (Å²) in [5.74, 6) is -0.0477. The Bertz CT molecular complexity index is 1230. The second-order valence-corrected chi connectivity index (χ2v) is 10.7. The summed E-state index contributed by atoms with van der Waals surface area (Å²) >= 11 is 12.1. The van der Waals surface area contributed by atoms with Gasteiger partial charge in [0.25, 0.3) is 5.91 Å². The Balaban J connectivity index is 1.60. The molecule has 1 aliphatic rings. The first-order valence-corrected chi connectivity index (χ1v) is 14.0. The predicted molar refractivity (Wildman–Crippen MR) is 157 cm³/mol. The highest BCUT2D eigenvalue weighted by Crippen LogP contribution is 2.24. The summed E-state index contributed by atoms with van der Waals surface area (Å²) in [5, 5.41) is 1.36. The van der Waals surface area contributed by atoms with Crippen molar-refractivity contribution in [2.24, 2.45) is 0 Å². The third kappa shape index (κ3) is 8.54. The maximum atomic E-state index is 13.6. The Hall–Kier alpha value is -2.90. The SMILES string of the molecule is COCC(=O)N1CCCN(Cc2ccc(Cl)cc2)CCCN(C(=O)Cc2ccc(Cl)cc2)Cc2ccccc21. The Morgan fingerprint density at radius 3 is 2.05 bits per heavy atom. The molecule has 0 fully saturated rings. The van der Waals surface area contributed by atoms with Gasteiger partial charge in [0, 0.05) is 62.1 Å². The molecule has 3 aromatic rings. The fourth-order valence-corrected chi connectivity index (χ4v) is 5.18. The van der Waals surface area contributed by atoms with Gasteiger partial charge in [0.15, 0.2) is 0 Å². The van der Waals surface area contributed by atoms with E-state index < -0.39 is 0 Å². The zero-order chi connectivity index (χ0) is 27.6. The summed E-state index contributed by atoms with van der Waals surface area (Å²) in [6.07, 6.45) is 1.95. The van der Waals surface area contributed by atoms with Crippen molar-refractivity contribution in [1.82, 2.24) is 9.80 Å². The molecule has 6 nitrogen and oxygen atoms in total. The molecule has 1 heterocycles. The van der Waals surface area contributed by atoms with Crippen LogP contribution < -0.4 is 4.90 Å². The van der Waals surface area contributed by atoms with Gasteiger partial charge in [-0.25, -0.2) is 0 Å². The van der Waals surface area contributed by atoms with Gasteiger partial charge in [0.05, 0.1) is 6.42 Å². The van der Waals surface area contributed by atoms with E-state index in [0.29, 0.717) is 36.1 Å². The van der Waals surface area contributed by atoms with E-state index in [2.05, 4.69) is 4.90 Å². The number of anilines is 1. The van der Waals surface area contributed by atoms with Crippen molar-refractivity contribution in [2.45, 2.75) is 32.4 Å². The van der Waals surface area contributed by atoms with E-state index in [9.17, 15) is 9.59 Å². The van der Waals surface area contributed by atoms with Crippen molar-refractivity contribution in [3.63, 3.8) is 0 Å². The molecule has 0 aliphatic carbocycles. The van der Waals surface area contributed by atoms with Crippen LogP contribution >= 0.6 is 23.2 Å². The molecule has 206 valence electrons. The van der Waals surface area contributed by atoms with E-state index in [4.69, 9.17) is 27.9 Å². The highest BCUT2D eigenvalue weighted by molar-refractivity contribution is 6.30. The molecule has 0 atom stereocenters. The average molecular weight is 569 g/mol. The van der Waals surface area contributed by atoms with Gasteiger partial charge in [-0.05, 0) is 59.9 Å². The fourth-order valence-electron chi connectivity index (χ4n) is 4.93. The van der Waals surface area contributed by atoms with Gasteiger partial charge in [0.1, 0.15) is 6.61 Å². The minimum atomic E-state index is -0.0923. The van der Waals surface area contributed by atoms with Crippen LogP contribution in [-0.2, 0) is 33.8 Å².